The maximum atomic E-state index is 11.7. The van der Waals surface area contributed by atoms with Gasteiger partial charge >= 0.3 is 0 Å². The first-order chi connectivity index (χ1) is 8.69. The van der Waals surface area contributed by atoms with Gasteiger partial charge in [0.05, 0.1) is 7.11 Å². The van der Waals surface area contributed by atoms with Crippen molar-refractivity contribution in [2.75, 3.05) is 12.8 Å². The second-order valence-electron chi connectivity index (χ2n) is 3.60. The van der Waals surface area contributed by atoms with Crippen molar-refractivity contribution in [3.05, 3.63) is 35.7 Å². The third-order valence-corrected chi connectivity index (χ3v) is 2.30. The van der Waals surface area contributed by atoms with Crippen LogP contribution in [0.25, 0.3) is 0 Å². The first-order valence-corrected chi connectivity index (χ1v) is 5.27. The monoisotopic (exact) mass is 247 g/mol. The van der Waals surface area contributed by atoms with Crippen LogP contribution in [-0.4, -0.2) is 28.2 Å². The molecule has 0 aromatic carbocycles. The van der Waals surface area contributed by atoms with Crippen molar-refractivity contribution in [1.29, 1.82) is 0 Å². The van der Waals surface area contributed by atoms with E-state index in [1.54, 1.807) is 19.4 Å². The van der Waals surface area contributed by atoms with E-state index in [1.165, 1.54) is 6.07 Å². The third kappa shape index (κ3) is 2.76. The number of nitrogens with one attached hydrogen (secondary N) is 2. The molecule has 0 fully saturated rings. The predicted molar refractivity (Wildman–Crippen MR) is 65.0 cm³/mol. The molecule has 94 valence electrons. The Labute approximate surface area is 103 Å². The molecule has 1 amide bonds. The standard InChI is InChI=1S/C11H13N5O2/c1-18-10-3-2-7(5-13-10)6-14-11(17)8-4-9(12)16-15-8/h2-5H,6H2,1H3,(H,14,17)(H3,12,15,16). The zero-order valence-corrected chi connectivity index (χ0v) is 9.80. The van der Waals surface area contributed by atoms with Gasteiger partial charge in [0.25, 0.3) is 5.91 Å². The summed E-state index contributed by atoms with van der Waals surface area (Å²) in [5.41, 5.74) is 6.61. The number of rotatable bonds is 4. The molecule has 0 aliphatic heterocycles. The number of nitrogens with zero attached hydrogens (tertiary/aromatic N) is 2. The number of hydrogen-bond acceptors (Lipinski definition) is 5. The molecule has 2 aromatic heterocycles. The average molecular weight is 247 g/mol. The van der Waals surface area contributed by atoms with Gasteiger partial charge in [0.1, 0.15) is 11.5 Å². The van der Waals surface area contributed by atoms with Crippen LogP contribution in [-0.2, 0) is 6.54 Å². The summed E-state index contributed by atoms with van der Waals surface area (Å²) in [4.78, 5) is 15.7. The van der Waals surface area contributed by atoms with E-state index in [1.807, 2.05) is 6.07 Å². The van der Waals surface area contributed by atoms with Crippen molar-refractivity contribution < 1.29 is 9.53 Å². The Kier molecular flexibility index (Phi) is 3.42. The van der Waals surface area contributed by atoms with Gasteiger partial charge in [-0.1, -0.05) is 6.07 Å². The van der Waals surface area contributed by atoms with Crippen molar-refractivity contribution in [3.63, 3.8) is 0 Å². The molecular formula is C11H13N5O2. The fraction of sp³-hybridized carbons (Fsp3) is 0.182. The van der Waals surface area contributed by atoms with Gasteiger partial charge < -0.3 is 15.8 Å². The maximum Gasteiger partial charge on any atom is 0.269 e. The van der Waals surface area contributed by atoms with Crippen molar-refractivity contribution in [3.8, 4) is 5.88 Å². The zero-order chi connectivity index (χ0) is 13.0. The van der Waals surface area contributed by atoms with E-state index in [9.17, 15) is 4.79 Å². The second kappa shape index (κ2) is 5.17. The largest absolute Gasteiger partial charge is 0.481 e. The van der Waals surface area contributed by atoms with Gasteiger partial charge in [0.2, 0.25) is 5.88 Å². The highest BCUT2D eigenvalue weighted by Gasteiger charge is 2.08. The van der Waals surface area contributed by atoms with Crippen LogP contribution in [0.5, 0.6) is 5.88 Å². The van der Waals surface area contributed by atoms with E-state index in [0.29, 0.717) is 18.1 Å². The minimum absolute atomic E-state index is 0.269. The van der Waals surface area contributed by atoms with E-state index in [-0.39, 0.29) is 11.7 Å². The van der Waals surface area contributed by atoms with Gasteiger partial charge in [0, 0.05) is 24.9 Å². The molecule has 2 aromatic rings. The molecule has 7 nitrogen and oxygen atoms in total. The molecule has 0 unspecified atom stereocenters. The second-order valence-corrected chi connectivity index (χ2v) is 3.60. The third-order valence-electron chi connectivity index (χ3n) is 2.30. The predicted octanol–water partition coefficient (Wildman–Crippen LogP) is 0.325. The average Bonchev–Trinajstić information content (AvgIpc) is 2.83. The lowest BCUT2D eigenvalue weighted by atomic mass is 10.3. The summed E-state index contributed by atoms with van der Waals surface area (Å²) >= 11 is 0. The normalized spacial score (nSPS) is 10.1. The number of nitrogen functional groups attached to an aromatic ring is 1. The van der Waals surface area contributed by atoms with E-state index in [0.717, 1.165) is 5.56 Å². The summed E-state index contributed by atoms with van der Waals surface area (Å²) in [5.74, 6) is 0.549. The molecular weight excluding hydrogens is 234 g/mol. The smallest absolute Gasteiger partial charge is 0.269 e. The van der Waals surface area contributed by atoms with Gasteiger partial charge in [-0.05, 0) is 5.56 Å². The summed E-state index contributed by atoms with van der Waals surface area (Å²) in [7, 11) is 1.55. The van der Waals surface area contributed by atoms with Crippen LogP contribution in [0.2, 0.25) is 0 Å². The number of pyridine rings is 1. The van der Waals surface area contributed by atoms with Gasteiger partial charge in [-0.3, -0.25) is 9.89 Å². The van der Waals surface area contributed by atoms with Crippen molar-refractivity contribution >= 4 is 11.7 Å². The molecule has 0 spiro atoms. The Hall–Kier alpha value is -2.57. The molecule has 0 aliphatic carbocycles. The van der Waals surface area contributed by atoms with Crippen LogP contribution in [0, 0.1) is 0 Å². The highest BCUT2D eigenvalue weighted by Crippen LogP contribution is 2.06. The first-order valence-electron chi connectivity index (χ1n) is 5.27. The quantitative estimate of drug-likeness (QED) is 0.721. The lowest BCUT2D eigenvalue weighted by molar-refractivity contribution is 0.0946. The number of anilines is 1. The SMILES string of the molecule is COc1ccc(CNC(=O)c2cc(N)n[nH]2)cn1. The summed E-state index contributed by atoms with van der Waals surface area (Å²) in [6, 6.07) is 5.03. The Bertz CT molecular complexity index is 535. The number of H-pyrrole nitrogens is 1. The Morgan fingerprint density at radius 1 is 1.56 bits per heavy atom. The first kappa shape index (κ1) is 11.9. The Morgan fingerprint density at radius 3 is 2.94 bits per heavy atom. The van der Waals surface area contributed by atoms with Crippen LogP contribution in [0.1, 0.15) is 16.1 Å². The fourth-order valence-electron chi connectivity index (χ4n) is 1.37. The lowest BCUT2D eigenvalue weighted by Crippen LogP contribution is -2.23. The molecule has 0 saturated heterocycles. The van der Waals surface area contributed by atoms with Crippen molar-refractivity contribution in [2.45, 2.75) is 6.54 Å². The van der Waals surface area contributed by atoms with Gasteiger partial charge in [-0.15, -0.1) is 0 Å². The van der Waals surface area contributed by atoms with Crippen LogP contribution in [0.3, 0.4) is 0 Å². The molecule has 2 heterocycles. The molecule has 0 bridgehead atoms. The highest BCUT2D eigenvalue weighted by atomic mass is 16.5. The number of ether oxygens (including phenoxy) is 1. The van der Waals surface area contributed by atoms with Crippen molar-refractivity contribution in [1.82, 2.24) is 20.5 Å². The Morgan fingerprint density at radius 2 is 2.39 bits per heavy atom. The number of carbonyl (C=O) groups is 1. The van der Waals surface area contributed by atoms with E-state index in [2.05, 4.69) is 20.5 Å². The number of methoxy groups -OCH3 is 1. The zero-order valence-electron chi connectivity index (χ0n) is 9.80. The summed E-state index contributed by atoms with van der Waals surface area (Å²) in [6.45, 7) is 0.370. The molecule has 0 aliphatic rings. The van der Waals surface area contributed by atoms with Gasteiger partial charge in [0.15, 0.2) is 0 Å². The highest BCUT2D eigenvalue weighted by molar-refractivity contribution is 5.92. The molecule has 0 atom stereocenters. The van der Waals surface area contributed by atoms with E-state index >= 15 is 0 Å². The van der Waals surface area contributed by atoms with Gasteiger partial charge in [-0.2, -0.15) is 5.10 Å². The molecule has 0 saturated carbocycles. The van der Waals surface area contributed by atoms with Crippen LogP contribution >= 0.6 is 0 Å². The summed E-state index contributed by atoms with van der Waals surface area (Å²) < 4.78 is 4.94. The minimum atomic E-state index is -0.269. The maximum absolute atomic E-state index is 11.7. The van der Waals surface area contributed by atoms with E-state index < -0.39 is 0 Å². The number of nitrogens with two attached hydrogens (primary N) is 1. The summed E-state index contributed by atoms with van der Waals surface area (Å²) in [6.07, 6.45) is 1.64. The van der Waals surface area contributed by atoms with Crippen LogP contribution in [0.4, 0.5) is 5.82 Å². The Balaban J connectivity index is 1.92. The number of aromatic nitrogens is 3. The molecule has 0 radical (unpaired) electrons. The number of aromatic amines is 1. The minimum Gasteiger partial charge on any atom is -0.481 e. The molecule has 7 heteroatoms. The van der Waals surface area contributed by atoms with Crippen LogP contribution in [0.15, 0.2) is 24.4 Å². The molecule has 2 rings (SSSR count). The van der Waals surface area contributed by atoms with E-state index in [4.69, 9.17) is 10.5 Å². The summed E-state index contributed by atoms with van der Waals surface area (Å²) in [5, 5.41) is 8.93. The number of amides is 1. The fourth-order valence-corrected chi connectivity index (χ4v) is 1.37. The molecule has 4 N–H and O–H groups in total. The van der Waals surface area contributed by atoms with Crippen molar-refractivity contribution in [2.24, 2.45) is 0 Å². The number of hydrogen-bond donors (Lipinski definition) is 3. The molecule has 18 heavy (non-hydrogen) atoms. The van der Waals surface area contributed by atoms with Gasteiger partial charge in [-0.25, -0.2) is 4.98 Å². The number of carbonyl (C=O) groups excluding carboxylic acids is 1. The lowest BCUT2D eigenvalue weighted by Gasteiger charge is -2.04. The topological polar surface area (TPSA) is 106 Å². The van der Waals surface area contributed by atoms with Crippen LogP contribution < -0.4 is 15.8 Å².